The Morgan fingerprint density at radius 1 is 1.06 bits per heavy atom. The number of benzene rings is 1. The number of rotatable bonds is 7. The molecule has 2 saturated carbocycles. The minimum Gasteiger partial charge on any atom is -0.456 e. The van der Waals surface area contributed by atoms with Gasteiger partial charge in [0.2, 0.25) is 5.91 Å². The molecule has 3 fully saturated rings. The van der Waals surface area contributed by atoms with E-state index in [1.165, 1.54) is 39.8 Å². The molecular formula is C33H43Ac2NO13. The van der Waals surface area contributed by atoms with Gasteiger partial charge < -0.3 is 50.2 Å². The fraction of sp³-hybridized carbons (Fsp3) is 0.636. The van der Waals surface area contributed by atoms with E-state index >= 15 is 0 Å². The molecule has 0 aromatic heterocycles. The van der Waals surface area contributed by atoms with Crippen molar-refractivity contribution < 1.29 is 152 Å². The Labute approximate surface area is 355 Å². The van der Waals surface area contributed by atoms with E-state index in [1.54, 1.807) is 18.2 Å². The third kappa shape index (κ3) is 6.93. The number of fused-ring (bicyclic) bond motifs is 5. The number of aliphatic hydroxyl groups excluding tert-OH is 4. The van der Waals surface area contributed by atoms with Gasteiger partial charge in [-0.05, 0) is 37.1 Å². The molecule has 7 N–H and O–H groups in total. The third-order valence-corrected chi connectivity index (χ3v) is 11.1. The van der Waals surface area contributed by atoms with E-state index in [0.717, 1.165) is 6.92 Å². The number of ketones is 1. The van der Waals surface area contributed by atoms with Crippen molar-refractivity contribution >= 4 is 23.6 Å². The smallest absolute Gasteiger partial charge is 0.338 e. The van der Waals surface area contributed by atoms with Crippen LogP contribution in [-0.4, -0.2) is 121 Å². The van der Waals surface area contributed by atoms with Crippen molar-refractivity contribution in [2.45, 2.75) is 101 Å². The molecule has 2 bridgehead atoms. The summed E-state index contributed by atoms with van der Waals surface area (Å²) in [4.78, 5) is 52.9. The standard InChI is InChI=1S/C33H43NO13.2Ac/c1-15-19(46-29(42)23(38)18(13-35)34-16(2)36)12-33(44)27(47-28(41)17-9-7-6-8-10-17)25-31(5,20(37)11-21-32(25,43)14-45-21)26(40)24(39)22(15)30(33,3)4;;/h6-10,18-21,23-25,27,35,37-39,43-44H,11-14H2,1-5H3,(H,34,36);;/t18?,19?,20?,21?,23?,24?,25?,27?,31-,32+,33?;;/m1../s1. The van der Waals surface area contributed by atoms with Gasteiger partial charge in [0.25, 0.3) is 0 Å². The largest absolute Gasteiger partial charge is 0.456 e. The predicted octanol–water partition coefficient (Wildman–Crippen LogP) is -1.08. The van der Waals surface area contributed by atoms with Crippen LogP contribution < -0.4 is 5.32 Å². The number of carbonyl (C=O) groups is 4. The van der Waals surface area contributed by atoms with Gasteiger partial charge in [0.15, 0.2) is 11.9 Å². The minimum absolute atomic E-state index is 0. The second-order valence-electron chi connectivity index (χ2n) is 14.0. The number of carbonyl (C=O) groups excluding carboxylic acids is 4. The van der Waals surface area contributed by atoms with Crippen LogP contribution in [0.4, 0.5) is 0 Å². The van der Waals surface area contributed by atoms with Gasteiger partial charge in [-0.3, -0.25) is 9.59 Å². The first-order valence-electron chi connectivity index (χ1n) is 15.6. The first kappa shape index (κ1) is 43.1. The summed E-state index contributed by atoms with van der Waals surface area (Å²) < 4.78 is 17.3. The number of hydrogen-bond donors (Lipinski definition) is 7. The molecular weight excluding hydrogens is 1070 g/mol. The first-order valence-corrected chi connectivity index (χ1v) is 15.6. The Hall–Kier alpha value is -0.357. The van der Waals surface area contributed by atoms with Crippen LogP contribution in [0.1, 0.15) is 57.8 Å². The van der Waals surface area contributed by atoms with Gasteiger partial charge in [0.05, 0.1) is 42.4 Å². The molecule has 16 heteroatoms. The monoisotopic (exact) mass is 1120 g/mol. The van der Waals surface area contributed by atoms with Crippen molar-refractivity contribution in [3.05, 3.63) is 47.0 Å². The first-order chi connectivity index (χ1) is 21.9. The van der Waals surface area contributed by atoms with Crippen molar-refractivity contribution in [1.29, 1.82) is 0 Å². The fourth-order valence-corrected chi connectivity index (χ4v) is 8.24. The van der Waals surface area contributed by atoms with Crippen molar-refractivity contribution in [2.24, 2.45) is 16.7 Å². The zero-order chi connectivity index (χ0) is 34.9. The SMILES string of the molecule is CC(=O)NC(CO)C(O)C(=O)OC1CC2(O)C(OC(=O)c3ccccc3)C3[C@]4(O)COC4CC(O)[C@@]3(C)C(=O)C(O)C(=C1C)C2(C)C.[Ac].[Ac]. The van der Waals surface area contributed by atoms with Crippen LogP contribution in [-0.2, 0) is 28.6 Å². The van der Waals surface area contributed by atoms with Gasteiger partial charge in [0.1, 0.15) is 29.5 Å². The van der Waals surface area contributed by atoms with E-state index in [1.807, 2.05) is 0 Å². The molecule has 9 unspecified atom stereocenters. The van der Waals surface area contributed by atoms with E-state index in [0.29, 0.717) is 0 Å². The summed E-state index contributed by atoms with van der Waals surface area (Å²) in [6, 6.07) is 6.39. The number of ether oxygens (including phenoxy) is 3. The molecule has 1 aromatic rings. The predicted molar refractivity (Wildman–Crippen MR) is 160 cm³/mol. The fourth-order valence-electron chi connectivity index (χ4n) is 8.24. The molecule has 1 amide bonds. The molecule has 2 radical (unpaired) electrons. The van der Waals surface area contributed by atoms with Gasteiger partial charge in [-0.25, -0.2) is 9.59 Å². The second-order valence-corrected chi connectivity index (χ2v) is 14.0. The van der Waals surface area contributed by atoms with Gasteiger partial charge in [-0.1, -0.05) is 32.0 Å². The molecule has 14 nitrogen and oxygen atoms in total. The van der Waals surface area contributed by atoms with E-state index in [2.05, 4.69) is 5.32 Å². The van der Waals surface area contributed by atoms with Crippen LogP contribution in [0, 0.1) is 105 Å². The maximum Gasteiger partial charge on any atom is 0.338 e. The van der Waals surface area contributed by atoms with Gasteiger partial charge in [-0.15, -0.1) is 0 Å². The Bertz CT molecular complexity index is 1490. The van der Waals surface area contributed by atoms with Crippen LogP contribution in [0.5, 0.6) is 0 Å². The van der Waals surface area contributed by atoms with E-state index in [4.69, 9.17) is 14.2 Å². The second kappa shape index (κ2) is 15.6. The van der Waals surface area contributed by atoms with Crippen molar-refractivity contribution in [2.75, 3.05) is 13.2 Å². The van der Waals surface area contributed by atoms with Gasteiger partial charge in [0, 0.05) is 119 Å². The minimum atomic E-state index is -2.29. The molecule has 5 rings (SSSR count). The summed E-state index contributed by atoms with van der Waals surface area (Å²) in [5, 5.41) is 70.9. The molecule has 1 aliphatic heterocycles. The topological polar surface area (TPSA) is 229 Å². The van der Waals surface area contributed by atoms with E-state index in [-0.39, 0.29) is 118 Å². The zero-order valence-electron chi connectivity index (χ0n) is 28.0. The van der Waals surface area contributed by atoms with Gasteiger partial charge >= 0.3 is 11.9 Å². The van der Waals surface area contributed by atoms with Crippen LogP contribution in [0.25, 0.3) is 0 Å². The molecule has 3 aliphatic carbocycles. The normalized spacial score (nSPS) is 37.2. The summed E-state index contributed by atoms with van der Waals surface area (Å²) in [6.07, 6.45) is -10.3. The molecule has 1 heterocycles. The van der Waals surface area contributed by atoms with Crippen LogP contribution >= 0.6 is 0 Å². The Kier molecular flexibility index (Phi) is 13.7. The molecule has 264 valence electrons. The summed E-state index contributed by atoms with van der Waals surface area (Å²) in [5.74, 6) is -5.25. The number of aliphatic hydroxyl groups is 6. The molecule has 4 aliphatic rings. The van der Waals surface area contributed by atoms with Crippen molar-refractivity contribution in [3.63, 3.8) is 0 Å². The average Bonchev–Trinajstić information content (AvgIpc) is 3.02. The molecule has 49 heavy (non-hydrogen) atoms. The van der Waals surface area contributed by atoms with E-state index < -0.39 is 107 Å². The summed E-state index contributed by atoms with van der Waals surface area (Å²) >= 11 is 0. The Morgan fingerprint density at radius 3 is 2.20 bits per heavy atom. The van der Waals surface area contributed by atoms with E-state index in [9.17, 15) is 49.8 Å². The summed E-state index contributed by atoms with van der Waals surface area (Å²) in [5.41, 5.74) is -7.54. The maximum absolute atomic E-state index is 14.5. The van der Waals surface area contributed by atoms with Crippen LogP contribution in [0.2, 0.25) is 0 Å². The maximum atomic E-state index is 14.5. The number of nitrogens with one attached hydrogen (secondary N) is 1. The van der Waals surface area contributed by atoms with Crippen molar-refractivity contribution in [3.8, 4) is 0 Å². The Morgan fingerprint density at radius 2 is 1.67 bits per heavy atom. The molecule has 1 saturated heterocycles. The number of esters is 2. The number of amides is 1. The molecule has 1 aromatic carbocycles. The quantitative estimate of drug-likeness (QED) is 0.128. The number of Topliss-reactive ketones (excluding diaryl/α,β-unsaturated/α-hetero) is 1. The molecule has 11 atom stereocenters. The zero-order valence-corrected chi connectivity index (χ0v) is 37.5. The van der Waals surface area contributed by atoms with Crippen LogP contribution in [0.3, 0.4) is 0 Å². The van der Waals surface area contributed by atoms with Crippen LogP contribution in [0.15, 0.2) is 41.5 Å². The number of hydrogen-bond acceptors (Lipinski definition) is 13. The molecule has 0 spiro atoms. The van der Waals surface area contributed by atoms with Crippen molar-refractivity contribution in [1.82, 2.24) is 5.32 Å². The Balaban J connectivity index is 0.00000325. The third-order valence-electron chi connectivity index (χ3n) is 11.1. The average molecular weight is 1120 g/mol. The van der Waals surface area contributed by atoms with Gasteiger partial charge in [-0.2, -0.15) is 0 Å². The summed E-state index contributed by atoms with van der Waals surface area (Å²) in [6.45, 7) is 5.88. The summed E-state index contributed by atoms with van der Waals surface area (Å²) in [7, 11) is 0.